The molecule has 172 valence electrons. The zero-order valence-corrected chi connectivity index (χ0v) is 18.7. The van der Waals surface area contributed by atoms with Crippen LogP contribution in [0.25, 0.3) is 10.9 Å². The van der Waals surface area contributed by atoms with Crippen molar-refractivity contribution in [2.24, 2.45) is 5.73 Å². The maximum atomic E-state index is 14.3. The summed E-state index contributed by atoms with van der Waals surface area (Å²) in [5, 5.41) is 7.48. The number of carbonyl (C=O) groups excluding carboxylic acids is 3. The molecule has 33 heavy (non-hydrogen) atoms. The van der Waals surface area contributed by atoms with Gasteiger partial charge in [-0.1, -0.05) is 41.9 Å². The monoisotopic (exact) mass is 471 g/mol. The molecule has 0 saturated heterocycles. The molecule has 1 aromatic heterocycles. The number of primary amides is 1. The Kier molecular flexibility index (Phi) is 6.33. The average molecular weight is 472 g/mol. The number of aromatic nitrogens is 2. The summed E-state index contributed by atoms with van der Waals surface area (Å²) in [5.74, 6) is -1.99. The second kappa shape index (κ2) is 9.19. The topological polar surface area (TPSA) is 110 Å². The molecule has 0 bridgehead atoms. The van der Waals surface area contributed by atoms with Gasteiger partial charge in [-0.25, -0.2) is 4.39 Å². The Hall–Kier alpha value is -3.46. The molecule has 0 radical (unpaired) electrons. The zero-order chi connectivity index (χ0) is 23.7. The van der Waals surface area contributed by atoms with Gasteiger partial charge in [-0.3, -0.25) is 19.1 Å². The third-order valence-electron chi connectivity index (χ3n) is 5.62. The average Bonchev–Trinajstić information content (AvgIpc) is 3.55. The summed E-state index contributed by atoms with van der Waals surface area (Å²) < 4.78 is 15.7. The summed E-state index contributed by atoms with van der Waals surface area (Å²) in [7, 11) is 0. The number of benzene rings is 2. The van der Waals surface area contributed by atoms with Crippen LogP contribution in [0.1, 0.15) is 41.9 Å². The minimum absolute atomic E-state index is 0.0230. The molecular formula is C23H23ClFN5O3. The van der Waals surface area contributed by atoms with Crippen LogP contribution in [-0.2, 0) is 16.1 Å². The van der Waals surface area contributed by atoms with Crippen LogP contribution in [0, 0.1) is 5.82 Å². The lowest BCUT2D eigenvalue weighted by Gasteiger charge is -2.23. The molecule has 0 spiro atoms. The Morgan fingerprint density at radius 1 is 1.24 bits per heavy atom. The molecule has 0 unspecified atom stereocenters. The Bertz CT molecular complexity index is 1240. The first-order valence-corrected chi connectivity index (χ1v) is 10.9. The number of nitrogens with zero attached hydrogens (tertiary/aromatic N) is 3. The molecule has 8 nitrogen and oxygen atoms in total. The lowest BCUT2D eigenvalue weighted by molar-refractivity contribution is -0.137. The quantitative estimate of drug-likeness (QED) is 0.526. The standard InChI is InChI=1S/C23H23ClFN5O3/c1-13(15-6-4-7-17(24)21(15)25)27-19(31)11-29(14-9-10-14)20(32)12-30-18-8-3-2-5-16(18)22(28-30)23(26)33/h2-8,13-14H,9-12H2,1H3,(H2,26,33)(H,27,31)/t13-/m0/s1. The number of hydrogen-bond acceptors (Lipinski definition) is 4. The zero-order valence-electron chi connectivity index (χ0n) is 17.9. The normalized spacial score (nSPS) is 14.2. The van der Waals surface area contributed by atoms with Gasteiger partial charge >= 0.3 is 0 Å². The van der Waals surface area contributed by atoms with Crippen LogP contribution in [0.15, 0.2) is 42.5 Å². The largest absolute Gasteiger partial charge is 0.364 e. The number of rotatable bonds is 8. The van der Waals surface area contributed by atoms with Crippen molar-refractivity contribution >= 4 is 40.2 Å². The summed E-state index contributed by atoms with van der Waals surface area (Å²) in [6, 6.07) is 10.9. The fourth-order valence-corrected chi connectivity index (χ4v) is 4.01. The van der Waals surface area contributed by atoms with Crippen LogP contribution in [0.2, 0.25) is 5.02 Å². The van der Waals surface area contributed by atoms with Crippen LogP contribution in [-0.4, -0.2) is 45.0 Å². The molecular weight excluding hydrogens is 449 g/mol. The Morgan fingerprint density at radius 3 is 2.67 bits per heavy atom. The first-order valence-electron chi connectivity index (χ1n) is 10.5. The van der Waals surface area contributed by atoms with Crippen LogP contribution >= 0.6 is 11.6 Å². The van der Waals surface area contributed by atoms with Crippen LogP contribution < -0.4 is 11.1 Å². The Morgan fingerprint density at radius 2 is 1.97 bits per heavy atom. The number of amides is 3. The highest BCUT2D eigenvalue weighted by Crippen LogP contribution is 2.28. The predicted molar refractivity (Wildman–Crippen MR) is 121 cm³/mol. The molecule has 1 fully saturated rings. The van der Waals surface area contributed by atoms with E-state index in [4.69, 9.17) is 17.3 Å². The highest BCUT2D eigenvalue weighted by atomic mass is 35.5. The maximum absolute atomic E-state index is 14.3. The molecule has 3 aromatic rings. The lowest BCUT2D eigenvalue weighted by Crippen LogP contribution is -2.44. The molecule has 2 aromatic carbocycles. The fourth-order valence-electron chi connectivity index (χ4n) is 3.83. The molecule has 3 amide bonds. The van der Waals surface area contributed by atoms with Gasteiger partial charge in [0.2, 0.25) is 11.8 Å². The van der Waals surface area contributed by atoms with Gasteiger partial charge in [0.05, 0.1) is 23.1 Å². The van der Waals surface area contributed by atoms with Crippen molar-refractivity contribution in [2.45, 2.75) is 38.4 Å². The van der Waals surface area contributed by atoms with E-state index in [0.717, 1.165) is 12.8 Å². The summed E-state index contributed by atoms with van der Waals surface area (Å²) in [6.07, 6.45) is 1.59. The molecule has 3 N–H and O–H groups in total. The maximum Gasteiger partial charge on any atom is 0.269 e. The van der Waals surface area contributed by atoms with E-state index in [1.54, 1.807) is 43.3 Å². The van der Waals surface area contributed by atoms with Gasteiger partial charge in [0, 0.05) is 17.0 Å². The van der Waals surface area contributed by atoms with Crippen LogP contribution in [0.5, 0.6) is 0 Å². The third-order valence-corrected chi connectivity index (χ3v) is 5.92. The van der Waals surface area contributed by atoms with Crippen molar-refractivity contribution in [1.82, 2.24) is 20.0 Å². The number of para-hydroxylation sites is 1. The molecule has 4 rings (SSSR count). The number of carbonyl (C=O) groups is 3. The van der Waals surface area contributed by atoms with E-state index in [1.165, 1.54) is 15.6 Å². The number of halogens is 2. The second-order valence-corrected chi connectivity index (χ2v) is 8.48. The first-order chi connectivity index (χ1) is 15.8. The second-order valence-electron chi connectivity index (χ2n) is 8.07. The van der Waals surface area contributed by atoms with Crippen molar-refractivity contribution in [3.63, 3.8) is 0 Å². The SMILES string of the molecule is C[C@H](NC(=O)CN(C(=O)Cn1nc(C(N)=O)c2ccccc21)C1CC1)c1cccc(Cl)c1F. The number of nitrogens with one attached hydrogen (secondary N) is 1. The van der Waals surface area contributed by atoms with Gasteiger partial charge < -0.3 is 16.0 Å². The predicted octanol–water partition coefficient (Wildman–Crippen LogP) is 2.80. The van der Waals surface area contributed by atoms with Crippen LogP contribution in [0.4, 0.5) is 4.39 Å². The molecule has 10 heteroatoms. The van der Waals surface area contributed by atoms with Gasteiger partial charge in [-0.15, -0.1) is 0 Å². The van der Waals surface area contributed by atoms with E-state index < -0.39 is 23.7 Å². The van der Waals surface area contributed by atoms with Crippen molar-refractivity contribution in [3.8, 4) is 0 Å². The molecule has 1 aliphatic carbocycles. The van der Waals surface area contributed by atoms with Crippen molar-refractivity contribution in [2.75, 3.05) is 6.54 Å². The van der Waals surface area contributed by atoms with E-state index in [-0.39, 0.29) is 41.3 Å². The molecule has 1 heterocycles. The first kappa shape index (κ1) is 22.7. The molecule has 0 aliphatic heterocycles. The summed E-state index contributed by atoms with van der Waals surface area (Å²) in [6.45, 7) is 1.34. The van der Waals surface area contributed by atoms with Gasteiger partial charge in [0.1, 0.15) is 12.4 Å². The minimum atomic E-state index is -0.682. The van der Waals surface area contributed by atoms with Crippen molar-refractivity contribution in [1.29, 1.82) is 0 Å². The van der Waals surface area contributed by atoms with E-state index in [9.17, 15) is 18.8 Å². The highest BCUT2D eigenvalue weighted by molar-refractivity contribution is 6.30. The van der Waals surface area contributed by atoms with E-state index in [1.807, 2.05) is 0 Å². The van der Waals surface area contributed by atoms with Crippen molar-refractivity contribution in [3.05, 3.63) is 64.6 Å². The van der Waals surface area contributed by atoms with Gasteiger partial charge in [0.15, 0.2) is 5.69 Å². The van der Waals surface area contributed by atoms with Crippen molar-refractivity contribution < 1.29 is 18.8 Å². The Balaban J connectivity index is 1.47. The van der Waals surface area contributed by atoms with E-state index >= 15 is 0 Å². The summed E-state index contributed by atoms with van der Waals surface area (Å²) in [5.41, 5.74) is 6.38. The van der Waals surface area contributed by atoms with Gasteiger partial charge in [-0.05, 0) is 31.9 Å². The third kappa shape index (κ3) is 4.83. The van der Waals surface area contributed by atoms with E-state index in [2.05, 4.69) is 10.4 Å². The number of fused-ring (bicyclic) bond motifs is 1. The summed E-state index contributed by atoms with van der Waals surface area (Å²) >= 11 is 5.83. The van der Waals surface area contributed by atoms with E-state index in [0.29, 0.717) is 10.9 Å². The van der Waals surface area contributed by atoms with Crippen LogP contribution in [0.3, 0.4) is 0 Å². The lowest BCUT2D eigenvalue weighted by atomic mass is 10.1. The minimum Gasteiger partial charge on any atom is -0.364 e. The van der Waals surface area contributed by atoms with Gasteiger partial charge in [0.25, 0.3) is 5.91 Å². The number of nitrogens with two attached hydrogens (primary N) is 1. The fraction of sp³-hybridized carbons (Fsp3) is 0.304. The highest BCUT2D eigenvalue weighted by Gasteiger charge is 2.34. The molecule has 1 aliphatic rings. The smallest absolute Gasteiger partial charge is 0.269 e. The molecule has 1 saturated carbocycles. The summed E-state index contributed by atoms with van der Waals surface area (Å²) in [4.78, 5) is 39.0. The van der Waals surface area contributed by atoms with Gasteiger partial charge in [-0.2, -0.15) is 5.10 Å². The molecule has 1 atom stereocenters. The number of hydrogen-bond donors (Lipinski definition) is 2. The Labute approximate surface area is 194 Å².